The molecule has 2 aromatic rings. The van der Waals surface area contributed by atoms with Crippen LogP contribution in [0.2, 0.25) is 0 Å². The molecule has 142 valence electrons. The molecule has 1 fully saturated rings. The lowest BCUT2D eigenvalue weighted by Crippen LogP contribution is -2.44. The average Bonchev–Trinajstić information content (AvgIpc) is 2.65. The topological polar surface area (TPSA) is 61.4 Å². The number of likely N-dealkylation sites (tertiary alicyclic amines) is 1. The summed E-state index contributed by atoms with van der Waals surface area (Å²) < 4.78 is 13.9. The summed E-state index contributed by atoms with van der Waals surface area (Å²) >= 11 is 0. The fraction of sp³-hybridized carbons (Fsp3) is 0.333. The van der Waals surface area contributed by atoms with Crippen LogP contribution in [0.25, 0.3) is 0 Å². The second kappa shape index (κ2) is 8.77. The van der Waals surface area contributed by atoms with Crippen molar-refractivity contribution in [2.24, 2.45) is 5.92 Å². The van der Waals surface area contributed by atoms with Gasteiger partial charge in [-0.15, -0.1) is 0 Å². The van der Waals surface area contributed by atoms with Crippen LogP contribution in [0.1, 0.15) is 18.4 Å². The van der Waals surface area contributed by atoms with Crippen LogP contribution in [0.5, 0.6) is 0 Å². The van der Waals surface area contributed by atoms with Gasteiger partial charge in [0.25, 0.3) is 0 Å². The molecule has 0 unspecified atom stereocenters. The van der Waals surface area contributed by atoms with Gasteiger partial charge >= 0.3 is 0 Å². The molecule has 5 nitrogen and oxygen atoms in total. The van der Waals surface area contributed by atoms with Crippen LogP contribution < -0.4 is 10.6 Å². The molecule has 3 rings (SSSR count). The van der Waals surface area contributed by atoms with Crippen molar-refractivity contribution in [2.45, 2.75) is 19.8 Å². The van der Waals surface area contributed by atoms with E-state index in [2.05, 4.69) is 10.6 Å². The molecule has 2 N–H and O–H groups in total. The molecule has 1 saturated heterocycles. The van der Waals surface area contributed by atoms with Crippen molar-refractivity contribution in [3.63, 3.8) is 0 Å². The molecule has 1 aliphatic heterocycles. The number of aryl methyl sites for hydroxylation is 1. The van der Waals surface area contributed by atoms with Crippen LogP contribution in [0.15, 0.2) is 48.5 Å². The van der Waals surface area contributed by atoms with Gasteiger partial charge in [0.1, 0.15) is 5.82 Å². The fourth-order valence-corrected chi connectivity index (χ4v) is 3.29. The van der Waals surface area contributed by atoms with E-state index < -0.39 is 5.82 Å². The predicted molar refractivity (Wildman–Crippen MR) is 104 cm³/mol. The van der Waals surface area contributed by atoms with Crippen molar-refractivity contribution in [1.82, 2.24) is 4.90 Å². The summed E-state index contributed by atoms with van der Waals surface area (Å²) in [5.41, 5.74) is 1.75. The first kappa shape index (κ1) is 19.0. The van der Waals surface area contributed by atoms with Crippen LogP contribution in [0.4, 0.5) is 15.8 Å². The maximum Gasteiger partial charge on any atom is 0.238 e. The largest absolute Gasteiger partial charge is 0.326 e. The summed E-state index contributed by atoms with van der Waals surface area (Å²) in [6.07, 6.45) is 1.64. The molecular formula is C21H24FN3O2. The monoisotopic (exact) mass is 369 g/mol. The standard InChI is InChI=1S/C21H24FN3O2/c1-15-9-10-19(18(22)12-15)24-20(26)14-25-11-5-6-16(13-25)21(27)23-17-7-3-2-4-8-17/h2-4,7-10,12,16H,5-6,11,13-14H2,1H3,(H,23,27)(H,24,26)/t16-/m0/s1. The van der Waals surface area contributed by atoms with Gasteiger partial charge in [-0.3, -0.25) is 14.5 Å². The number of piperidine rings is 1. The van der Waals surface area contributed by atoms with Gasteiger partial charge in [0.15, 0.2) is 0 Å². The van der Waals surface area contributed by atoms with E-state index in [0.717, 1.165) is 30.6 Å². The lowest BCUT2D eigenvalue weighted by atomic mass is 9.97. The normalized spacial score (nSPS) is 17.3. The molecule has 0 aliphatic carbocycles. The quantitative estimate of drug-likeness (QED) is 0.849. The van der Waals surface area contributed by atoms with Crippen LogP contribution in [-0.2, 0) is 9.59 Å². The molecule has 0 aromatic heterocycles. The first-order chi connectivity index (χ1) is 13.0. The molecule has 27 heavy (non-hydrogen) atoms. The van der Waals surface area contributed by atoms with Gasteiger partial charge in [0, 0.05) is 12.2 Å². The summed E-state index contributed by atoms with van der Waals surface area (Å²) in [4.78, 5) is 26.7. The highest BCUT2D eigenvalue weighted by atomic mass is 19.1. The van der Waals surface area contributed by atoms with Crippen LogP contribution in [0.3, 0.4) is 0 Å². The molecule has 0 bridgehead atoms. The summed E-state index contributed by atoms with van der Waals surface area (Å²) in [5, 5.41) is 5.53. The Kier molecular flexibility index (Phi) is 6.19. The van der Waals surface area contributed by atoms with Gasteiger partial charge in [-0.05, 0) is 56.1 Å². The number of carbonyl (C=O) groups is 2. The minimum absolute atomic E-state index is 0.0316. The second-order valence-electron chi connectivity index (χ2n) is 6.96. The number of para-hydroxylation sites is 1. The maximum atomic E-state index is 13.9. The second-order valence-corrected chi connectivity index (χ2v) is 6.96. The first-order valence-electron chi connectivity index (χ1n) is 9.15. The Labute approximate surface area is 158 Å². The van der Waals surface area contributed by atoms with Crippen LogP contribution >= 0.6 is 0 Å². The maximum absolute atomic E-state index is 13.9. The zero-order chi connectivity index (χ0) is 19.2. The van der Waals surface area contributed by atoms with E-state index in [-0.39, 0.29) is 30.0 Å². The third kappa shape index (κ3) is 5.37. The Morgan fingerprint density at radius 1 is 1.15 bits per heavy atom. The molecule has 2 aromatic carbocycles. The zero-order valence-electron chi connectivity index (χ0n) is 15.4. The Bertz CT molecular complexity index is 810. The van der Waals surface area contributed by atoms with Crippen LogP contribution in [-0.4, -0.2) is 36.3 Å². The van der Waals surface area contributed by atoms with Gasteiger partial charge in [0.05, 0.1) is 18.2 Å². The molecule has 1 aliphatic rings. The minimum atomic E-state index is -0.442. The van der Waals surface area contributed by atoms with E-state index in [0.29, 0.717) is 6.54 Å². The number of halogens is 1. The predicted octanol–water partition coefficient (Wildman–Crippen LogP) is 3.42. The van der Waals surface area contributed by atoms with E-state index in [1.165, 1.54) is 6.07 Å². The highest BCUT2D eigenvalue weighted by Gasteiger charge is 2.27. The molecule has 0 spiro atoms. The van der Waals surface area contributed by atoms with Crippen molar-refractivity contribution in [1.29, 1.82) is 0 Å². The van der Waals surface area contributed by atoms with Crippen molar-refractivity contribution >= 4 is 23.2 Å². The molecule has 1 heterocycles. The summed E-state index contributed by atoms with van der Waals surface area (Å²) in [5.74, 6) is -0.914. The van der Waals surface area contributed by atoms with Gasteiger partial charge < -0.3 is 10.6 Å². The molecule has 1 atom stereocenters. The van der Waals surface area contributed by atoms with E-state index in [9.17, 15) is 14.0 Å². The Hall–Kier alpha value is -2.73. The van der Waals surface area contributed by atoms with E-state index in [1.807, 2.05) is 35.2 Å². The van der Waals surface area contributed by atoms with Crippen molar-refractivity contribution in [3.05, 3.63) is 59.9 Å². The Balaban J connectivity index is 1.53. The first-order valence-corrected chi connectivity index (χ1v) is 9.15. The van der Waals surface area contributed by atoms with E-state index in [1.54, 1.807) is 19.1 Å². The number of benzene rings is 2. The van der Waals surface area contributed by atoms with Gasteiger partial charge in [-0.1, -0.05) is 24.3 Å². The summed E-state index contributed by atoms with van der Waals surface area (Å²) in [7, 11) is 0. The smallest absolute Gasteiger partial charge is 0.238 e. The van der Waals surface area contributed by atoms with Gasteiger partial charge in [-0.2, -0.15) is 0 Å². The Morgan fingerprint density at radius 3 is 2.67 bits per heavy atom. The highest BCUT2D eigenvalue weighted by molar-refractivity contribution is 5.93. The molecule has 2 amide bonds. The van der Waals surface area contributed by atoms with E-state index in [4.69, 9.17) is 0 Å². The average molecular weight is 369 g/mol. The van der Waals surface area contributed by atoms with Crippen molar-refractivity contribution in [3.8, 4) is 0 Å². The number of carbonyl (C=O) groups excluding carboxylic acids is 2. The number of amides is 2. The number of anilines is 2. The lowest BCUT2D eigenvalue weighted by Gasteiger charge is -2.31. The number of rotatable bonds is 5. The SMILES string of the molecule is Cc1ccc(NC(=O)CN2CCC[C@H](C(=O)Nc3ccccc3)C2)c(F)c1. The van der Waals surface area contributed by atoms with Gasteiger partial charge in [-0.25, -0.2) is 4.39 Å². The third-order valence-electron chi connectivity index (χ3n) is 4.68. The highest BCUT2D eigenvalue weighted by Crippen LogP contribution is 2.19. The Morgan fingerprint density at radius 2 is 1.93 bits per heavy atom. The van der Waals surface area contributed by atoms with Crippen LogP contribution in [0, 0.1) is 18.7 Å². The number of hydrogen-bond acceptors (Lipinski definition) is 3. The van der Waals surface area contributed by atoms with E-state index >= 15 is 0 Å². The van der Waals surface area contributed by atoms with Crippen molar-refractivity contribution in [2.75, 3.05) is 30.3 Å². The number of nitrogens with one attached hydrogen (secondary N) is 2. The van der Waals surface area contributed by atoms with Gasteiger partial charge in [0.2, 0.25) is 11.8 Å². The van der Waals surface area contributed by atoms with Crippen molar-refractivity contribution < 1.29 is 14.0 Å². The zero-order valence-corrected chi connectivity index (χ0v) is 15.4. The minimum Gasteiger partial charge on any atom is -0.326 e. The molecule has 0 radical (unpaired) electrons. The molecule has 6 heteroatoms. The molecule has 0 saturated carbocycles. The molecular weight excluding hydrogens is 345 g/mol. The summed E-state index contributed by atoms with van der Waals surface area (Å²) in [6, 6.07) is 14.0. The third-order valence-corrected chi connectivity index (χ3v) is 4.68. The summed E-state index contributed by atoms with van der Waals surface area (Å²) in [6.45, 7) is 3.20. The number of nitrogens with zero attached hydrogens (tertiary/aromatic N) is 1. The lowest BCUT2D eigenvalue weighted by molar-refractivity contribution is -0.123. The fourth-order valence-electron chi connectivity index (χ4n) is 3.29. The number of hydrogen-bond donors (Lipinski definition) is 2.